The summed E-state index contributed by atoms with van der Waals surface area (Å²) in [5, 5.41) is 10.2. The van der Waals surface area contributed by atoms with E-state index < -0.39 is 6.29 Å². The first kappa shape index (κ1) is 27.3. The number of carbonyl (C=O) groups excluding carboxylic acids is 1. The van der Waals surface area contributed by atoms with E-state index in [1.54, 1.807) is 0 Å². The molecule has 3 aromatic carbocycles. The number of carbonyl (C=O) groups is 1. The third-order valence-corrected chi connectivity index (χ3v) is 6.75. The number of benzene rings is 3. The SMILES string of the molecule is Cc1cc(OC(CC(C)C)c2ccc(C(=O)NC3N=NNN3)cc2)cc(C)c1-c1ccc(C(C)(C)C)cc1. The Morgan fingerprint density at radius 3 is 2.16 bits per heavy atom. The van der Waals surface area contributed by atoms with Gasteiger partial charge in [-0.25, -0.2) is 5.53 Å². The van der Waals surface area contributed by atoms with Gasteiger partial charge in [0.05, 0.1) is 0 Å². The molecule has 0 spiro atoms. The van der Waals surface area contributed by atoms with Crippen LogP contribution in [0.1, 0.15) is 79.8 Å². The Morgan fingerprint density at radius 2 is 1.63 bits per heavy atom. The molecule has 0 aromatic heterocycles. The monoisotopic (exact) mass is 513 g/mol. The summed E-state index contributed by atoms with van der Waals surface area (Å²) in [4.78, 5) is 12.5. The van der Waals surface area contributed by atoms with Crippen molar-refractivity contribution in [2.75, 3.05) is 0 Å². The van der Waals surface area contributed by atoms with Crippen molar-refractivity contribution in [3.63, 3.8) is 0 Å². The Labute approximate surface area is 226 Å². The van der Waals surface area contributed by atoms with Gasteiger partial charge < -0.3 is 10.1 Å². The molecule has 0 aliphatic carbocycles. The minimum atomic E-state index is -0.579. The first-order valence-corrected chi connectivity index (χ1v) is 13.2. The molecule has 1 aliphatic rings. The van der Waals surface area contributed by atoms with Crippen LogP contribution in [0.5, 0.6) is 5.75 Å². The van der Waals surface area contributed by atoms with Gasteiger partial charge in [-0.15, -0.1) is 5.11 Å². The lowest BCUT2D eigenvalue weighted by Gasteiger charge is -2.23. The van der Waals surface area contributed by atoms with E-state index in [0.29, 0.717) is 11.5 Å². The smallest absolute Gasteiger partial charge is 0.254 e. The largest absolute Gasteiger partial charge is 0.486 e. The fraction of sp³-hybridized carbons (Fsp3) is 0.387. The number of hydrogen-bond donors (Lipinski definition) is 3. The van der Waals surface area contributed by atoms with Crippen LogP contribution in [0.15, 0.2) is 71.0 Å². The molecule has 0 saturated heterocycles. The first-order chi connectivity index (χ1) is 18.0. The van der Waals surface area contributed by atoms with E-state index in [9.17, 15) is 4.79 Å². The zero-order valence-corrected chi connectivity index (χ0v) is 23.4. The molecule has 1 amide bonds. The van der Waals surface area contributed by atoms with Crippen LogP contribution in [0.3, 0.4) is 0 Å². The summed E-state index contributed by atoms with van der Waals surface area (Å²) >= 11 is 0. The van der Waals surface area contributed by atoms with Gasteiger partial charge in [0.25, 0.3) is 5.91 Å². The molecule has 1 aliphatic heterocycles. The van der Waals surface area contributed by atoms with Crippen molar-refractivity contribution < 1.29 is 9.53 Å². The highest BCUT2D eigenvalue weighted by Crippen LogP contribution is 2.35. The molecule has 7 nitrogen and oxygen atoms in total. The molecule has 3 N–H and O–H groups in total. The second-order valence-electron chi connectivity index (χ2n) is 11.5. The van der Waals surface area contributed by atoms with Crippen LogP contribution in [-0.4, -0.2) is 12.2 Å². The van der Waals surface area contributed by atoms with Crippen molar-refractivity contribution in [3.05, 3.63) is 88.5 Å². The van der Waals surface area contributed by atoms with Crippen LogP contribution in [0.2, 0.25) is 0 Å². The lowest BCUT2D eigenvalue weighted by atomic mass is 9.85. The Hall–Kier alpha value is -3.71. The van der Waals surface area contributed by atoms with Crippen molar-refractivity contribution in [2.24, 2.45) is 16.3 Å². The number of nitrogens with one attached hydrogen (secondary N) is 3. The third-order valence-electron chi connectivity index (χ3n) is 6.75. The van der Waals surface area contributed by atoms with Gasteiger partial charge in [-0.3, -0.25) is 4.79 Å². The van der Waals surface area contributed by atoms with Gasteiger partial charge in [-0.2, -0.15) is 5.43 Å². The van der Waals surface area contributed by atoms with Gasteiger partial charge in [-0.1, -0.05) is 76.2 Å². The van der Waals surface area contributed by atoms with E-state index in [0.717, 1.165) is 17.7 Å². The summed E-state index contributed by atoms with van der Waals surface area (Å²) in [6.07, 6.45) is 0.153. The van der Waals surface area contributed by atoms with Gasteiger partial charge in [0, 0.05) is 5.56 Å². The molecule has 4 rings (SSSR count). The Bertz CT molecular complexity index is 1270. The second kappa shape index (κ2) is 11.4. The minimum absolute atomic E-state index is 0.127. The predicted molar refractivity (Wildman–Crippen MR) is 152 cm³/mol. The van der Waals surface area contributed by atoms with Crippen molar-refractivity contribution in [1.82, 2.24) is 16.3 Å². The highest BCUT2D eigenvalue weighted by atomic mass is 16.5. The maximum absolute atomic E-state index is 12.5. The van der Waals surface area contributed by atoms with Crippen molar-refractivity contribution in [2.45, 2.75) is 72.7 Å². The molecule has 3 aromatic rings. The Balaban J connectivity index is 1.53. The molecule has 1 heterocycles. The molecule has 0 fully saturated rings. The average Bonchev–Trinajstić information content (AvgIpc) is 3.36. The first-order valence-electron chi connectivity index (χ1n) is 13.2. The predicted octanol–water partition coefficient (Wildman–Crippen LogP) is 6.92. The van der Waals surface area contributed by atoms with Crippen molar-refractivity contribution in [1.29, 1.82) is 0 Å². The molecule has 0 saturated carbocycles. The number of ether oxygens (including phenoxy) is 1. The Kier molecular flexibility index (Phi) is 8.17. The van der Waals surface area contributed by atoms with Gasteiger partial charge in [0.15, 0.2) is 0 Å². The van der Waals surface area contributed by atoms with E-state index >= 15 is 0 Å². The average molecular weight is 514 g/mol. The highest BCUT2D eigenvalue weighted by molar-refractivity contribution is 5.94. The van der Waals surface area contributed by atoms with Crippen LogP contribution < -0.4 is 21.0 Å². The normalized spacial score (nSPS) is 15.8. The van der Waals surface area contributed by atoms with Crippen LogP contribution in [0.4, 0.5) is 0 Å². The lowest BCUT2D eigenvalue weighted by Crippen LogP contribution is -2.44. The molecule has 7 heteroatoms. The summed E-state index contributed by atoms with van der Waals surface area (Å²) in [5.41, 5.74) is 13.1. The number of nitrogens with zero attached hydrogens (tertiary/aromatic N) is 2. The van der Waals surface area contributed by atoms with E-state index in [-0.39, 0.29) is 17.4 Å². The van der Waals surface area contributed by atoms with Crippen LogP contribution in [-0.2, 0) is 5.41 Å². The number of aryl methyl sites for hydroxylation is 2. The summed E-state index contributed by atoms with van der Waals surface area (Å²) in [5.74, 6) is 1.07. The minimum Gasteiger partial charge on any atom is -0.486 e. The molecular formula is C31H39N5O2. The molecule has 0 bridgehead atoms. The van der Waals surface area contributed by atoms with E-state index in [2.05, 4.69) is 111 Å². The van der Waals surface area contributed by atoms with Gasteiger partial charge in [-0.05, 0) is 89.2 Å². The van der Waals surface area contributed by atoms with E-state index in [1.807, 2.05) is 24.3 Å². The van der Waals surface area contributed by atoms with Crippen LogP contribution in [0.25, 0.3) is 11.1 Å². The second-order valence-corrected chi connectivity index (χ2v) is 11.5. The quantitative estimate of drug-likeness (QED) is 0.305. The molecule has 38 heavy (non-hydrogen) atoms. The zero-order chi connectivity index (χ0) is 27.4. The summed E-state index contributed by atoms with van der Waals surface area (Å²) < 4.78 is 6.59. The van der Waals surface area contributed by atoms with Gasteiger partial charge in [0.1, 0.15) is 11.9 Å². The molecule has 2 unspecified atom stereocenters. The Morgan fingerprint density at radius 1 is 1.00 bits per heavy atom. The molecule has 200 valence electrons. The van der Waals surface area contributed by atoms with Crippen molar-refractivity contribution in [3.8, 4) is 16.9 Å². The fourth-order valence-electron chi connectivity index (χ4n) is 4.76. The summed E-state index contributed by atoms with van der Waals surface area (Å²) in [6.45, 7) is 15.4. The number of hydrogen-bond acceptors (Lipinski definition) is 6. The lowest BCUT2D eigenvalue weighted by molar-refractivity contribution is 0.0932. The molecular weight excluding hydrogens is 474 g/mol. The van der Waals surface area contributed by atoms with Crippen LogP contribution in [0, 0.1) is 19.8 Å². The number of amides is 1. The van der Waals surface area contributed by atoms with Gasteiger partial charge in [0.2, 0.25) is 6.29 Å². The fourth-order valence-corrected chi connectivity index (χ4v) is 4.76. The maximum Gasteiger partial charge on any atom is 0.254 e. The zero-order valence-electron chi connectivity index (χ0n) is 23.4. The molecule has 2 atom stereocenters. The standard InChI is InChI=1S/C31H39N5O2/c1-19(2)16-27(22-8-10-24(11-9-22)29(37)32-30-33-35-36-34-30)38-26-17-20(3)28(21(4)18-26)23-12-14-25(15-13-23)31(5,6)7/h8-15,17-19,27,30H,16H2,1-7H3,(H,32,37)(H,33,36)(H,34,35). The van der Waals surface area contributed by atoms with Crippen molar-refractivity contribution >= 4 is 5.91 Å². The topological polar surface area (TPSA) is 87.1 Å². The van der Waals surface area contributed by atoms with E-state index in [1.165, 1.54) is 27.8 Å². The number of rotatable bonds is 8. The van der Waals surface area contributed by atoms with Crippen LogP contribution >= 0.6 is 0 Å². The number of hydrazine groups is 1. The third kappa shape index (κ3) is 6.58. The summed E-state index contributed by atoms with van der Waals surface area (Å²) in [7, 11) is 0. The van der Waals surface area contributed by atoms with E-state index in [4.69, 9.17) is 4.74 Å². The van der Waals surface area contributed by atoms with Gasteiger partial charge >= 0.3 is 0 Å². The molecule has 0 radical (unpaired) electrons. The highest BCUT2D eigenvalue weighted by Gasteiger charge is 2.20. The maximum atomic E-state index is 12.5. The summed E-state index contributed by atoms with van der Waals surface area (Å²) in [6, 6.07) is 20.7.